The van der Waals surface area contributed by atoms with E-state index in [9.17, 15) is 14.4 Å². The van der Waals surface area contributed by atoms with Gasteiger partial charge in [0.25, 0.3) is 0 Å². The molecule has 3 aliphatic heterocycles. The van der Waals surface area contributed by atoms with Crippen molar-refractivity contribution in [2.24, 2.45) is 17.3 Å². The molecule has 3 heterocycles. The Labute approximate surface area is 231 Å². The Morgan fingerprint density at radius 2 is 1.81 bits per heavy atom. The summed E-state index contributed by atoms with van der Waals surface area (Å²) in [6, 6.07) is -0.184. The molecule has 0 saturated carbocycles. The second kappa shape index (κ2) is 10.6. The van der Waals surface area contributed by atoms with E-state index in [1.807, 2.05) is 6.92 Å². The summed E-state index contributed by atoms with van der Waals surface area (Å²) in [7, 11) is -2.10. The van der Waals surface area contributed by atoms with Crippen LogP contribution in [0, 0.1) is 17.3 Å². The first-order valence-electron chi connectivity index (χ1n) is 12.9. The number of hydrogen-bond donors (Lipinski definition) is 1. The van der Waals surface area contributed by atoms with Gasteiger partial charge in [-0.05, 0) is 45.8 Å². The van der Waals surface area contributed by atoms with Crippen molar-refractivity contribution < 1.29 is 28.3 Å². The number of carbonyl (C=O) groups excluding carboxylic acids is 3. The Bertz CT molecular complexity index is 1000. The van der Waals surface area contributed by atoms with Crippen LogP contribution in [0.3, 0.4) is 0 Å². The van der Waals surface area contributed by atoms with Crippen molar-refractivity contribution in [3.63, 3.8) is 0 Å². The molecule has 2 saturated heterocycles. The third-order valence-corrected chi connectivity index (χ3v) is 14.2. The van der Waals surface area contributed by atoms with E-state index >= 15 is 0 Å². The molecule has 3 rings (SSSR count). The lowest BCUT2D eigenvalue weighted by Gasteiger charge is -2.50. The summed E-state index contributed by atoms with van der Waals surface area (Å²) in [6.45, 7) is 20.3. The maximum atomic E-state index is 13.5. The van der Waals surface area contributed by atoms with Crippen molar-refractivity contribution >= 4 is 55.1 Å². The average Bonchev–Trinajstić information content (AvgIpc) is 3.25. The Kier molecular flexibility index (Phi) is 8.64. The van der Waals surface area contributed by atoms with Crippen LogP contribution < -0.4 is 5.32 Å². The zero-order valence-corrected chi connectivity index (χ0v) is 26.4. The highest BCUT2D eigenvalue weighted by Gasteiger charge is 2.61. The minimum atomic E-state index is -2.10. The van der Waals surface area contributed by atoms with E-state index in [0.717, 1.165) is 9.89 Å². The first kappa shape index (κ1) is 30.1. The molecule has 3 aliphatic rings. The minimum absolute atomic E-state index is 0.0155. The predicted molar refractivity (Wildman–Crippen MR) is 151 cm³/mol. The van der Waals surface area contributed by atoms with Crippen LogP contribution in [0.2, 0.25) is 18.1 Å². The van der Waals surface area contributed by atoms with E-state index in [0.29, 0.717) is 13.0 Å². The highest BCUT2D eigenvalue weighted by Crippen LogP contribution is 2.53. The van der Waals surface area contributed by atoms with Gasteiger partial charge < -0.3 is 24.1 Å². The van der Waals surface area contributed by atoms with Crippen molar-refractivity contribution in [3.8, 4) is 0 Å². The standard InChI is InChI=1S/C26H42N2O6S2Si/c1-14-19-18(15(2)34-37(9,10)26(6,7)8)22(29)28(19)20(21(14)36-16-11-17(35)27-12-16)23(30)32-13-33-24(31)25(3,4)5/h14-16,18-19H,11-13H2,1-10H3,(H,27,35)/t14-,15-,16-,18-,19-/m1/s1. The van der Waals surface area contributed by atoms with Crippen molar-refractivity contribution in [3.05, 3.63) is 10.6 Å². The Hall–Kier alpha value is -1.43. The second-order valence-corrected chi connectivity index (χ2v) is 19.4. The van der Waals surface area contributed by atoms with Crippen LogP contribution >= 0.6 is 24.0 Å². The van der Waals surface area contributed by atoms with Crippen LogP contribution in [0.5, 0.6) is 0 Å². The van der Waals surface area contributed by atoms with E-state index < -0.39 is 32.5 Å². The Morgan fingerprint density at radius 3 is 2.32 bits per heavy atom. The molecule has 0 aliphatic carbocycles. The van der Waals surface area contributed by atoms with Gasteiger partial charge in [-0.15, -0.1) is 11.8 Å². The quantitative estimate of drug-likeness (QED) is 0.148. The van der Waals surface area contributed by atoms with E-state index in [-0.39, 0.29) is 45.9 Å². The maximum absolute atomic E-state index is 13.5. The van der Waals surface area contributed by atoms with Gasteiger partial charge in [0.05, 0.1) is 28.5 Å². The fraction of sp³-hybridized carbons (Fsp3) is 0.769. The van der Waals surface area contributed by atoms with Gasteiger partial charge in [0.2, 0.25) is 12.7 Å². The molecule has 0 bridgehead atoms. The fourth-order valence-electron chi connectivity index (χ4n) is 4.63. The number of thioether (sulfide) groups is 1. The lowest BCUT2D eigenvalue weighted by molar-refractivity contribution is -0.175. The van der Waals surface area contributed by atoms with Crippen LogP contribution in [0.4, 0.5) is 0 Å². The maximum Gasteiger partial charge on any atom is 0.358 e. The second-order valence-electron chi connectivity index (χ2n) is 12.8. The largest absolute Gasteiger partial charge is 0.427 e. The van der Waals surface area contributed by atoms with Crippen LogP contribution in [0.15, 0.2) is 10.6 Å². The van der Waals surface area contributed by atoms with Gasteiger partial charge in [-0.25, -0.2) is 4.79 Å². The predicted octanol–water partition coefficient (Wildman–Crippen LogP) is 4.60. The smallest absolute Gasteiger partial charge is 0.358 e. The number of thiocarbonyl (C=S) groups is 1. The monoisotopic (exact) mass is 570 g/mol. The molecule has 11 heteroatoms. The summed E-state index contributed by atoms with van der Waals surface area (Å²) < 4.78 is 17.1. The lowest BCUT2D eigenvalue weighted by Crippen LogP contribution is -2.65. The summed E-state index contributed by atoms with van der Waals surface area (Å²) >= 11 is 6.89. The molecular formula is C26H42N2O6S2Si. The molecule has 1 amide bonds. The van der Waals surface area contributed by atoms with Gasteiger partial charge in [-0.3, -0.25) is 9.59 Å². The van der Waals surface area contributed by atoms with Crippen LogP contribution in [-0.4, -0.2) is 66.8 Å². The number of hydrogen-bond acceptors (Lipinski definition) is 8. The summed E-state index contributed by atoms with van der Waals surface area (Å²) in [5, 5.41) is 3.38. The van der Waals surface area contributed by atoms with Gasteiger partial charge in [-0.1, -0.05) is 39.9 Å². The number of nitrogens with zero attached hydrogens (tertiary/aromatic N) is 1. The number of amides is 1. The molecule has 0 spiro atoms. The lowest BCUT2D eigenvalue weighted by atomic mass is 9.79. The highest BCUT2D eigenvalue weighted by atomic mass is 32.2. The third-order valence-electron chi connectivity index (χ3n) is 7.80. The van der Waals surface area contributed by atoms with Crippen molar-refractivity contribution in [2.75, 3.05) is 13.3 Å². The highest BCUT2D eigenvalue weighted by molar-refractivity contribution is 8.03. The molecule has 0 aromatic rings. The van der Waals surface area contributed by atoms with Crippen molar-refractivity contribution in [2.45, 2.75) is 97.3 Å². The molecule has 0 aromatic carbocycles. The van der Waals surface area contributed by atoms with Crippen LogP contribution in [0.1, 0.15) is 61.8 Å². The molecule has 5 atom stereocenters. The zero-order chi connectivity index (χ0) is 28.1. The fourth-order valence-corrected chi connectivity index (χ4v) is 7.88. The summed E-state index contributed by atoms with van der Waals surface area (Å²) in [5.41, 5.74) is -0.456. The first-order valence-corrected chi connectivity index (χ1v) is 17.1. The number of esters is 2. The third kappa shape index (κ3) is 6.09. The number of carbonyl (C=O) groups is 3. The Morgan fingerprint density at radius 1 is 1.19 bits per heavy atom. The minimum Gasteiger partial charge on any atom is -0.427 e. The molecule has 2 fully saturated rings. The van der Waals surface area contributed by atoms with Gasteiger partial charge in [-0.2, -0.15) is 0 Å². The molecule has 1 N–H and O–H groups in total. The number of β-lactam (4-membered cyclic amide) rings is 1. The van der Waals surface area contributed by atoms with E-state index in [1.165, 1.54) is 0 Å². The molecule has 37 heavy (non-hydrogen) atoms. The SMILES string of the molecule is C[C@@H](O[Si](C)(C)C(C)(C)C)[C@H]1C(=O)N2C(C(=O)OCOC(=O)C(C)(C)C)=C(S[C@H]3CNC(=S)C3)[C@H](C)[C@H]12. The average molecular weight is 571 g/mol. The van der Waals surface area contributed by atoms with Gasteiger partial charge in [0.15, 0.2) is 8.32 Å². The topological polar surface area (TPSA) is 94.2 Å². The normalized spacial score (nSPS) is 27.0. The van der Waals surface area contributed by atoms with Crippen LogP contribution in [0.25, 0.3) is 0 Å². The van der Waals surface area contributed by atoms with E-state index in [4.69, 9.17) is 26.1 Å². The number of rotatable bonds is 8. The van der Waals surface area contributed by atoms with Crippen molar-refractivity contribution in [1.29, 1.82) is 0 Å². The molecule has 208 valence electrons. The van der Waals surface area contributed by atoms with E-state index in [1.54, 1.807) is 37.4 Å². The van der Waals surface area contributed by atoms with Crippen LogP contribution in [-0.2, 0) is 28.3 Å². The van der Waals surface area contributed by atoms with Gasteiger partial charge >= 0.3 is 11.9 Å². The molecule has 8 nitrogen and oxygen atoms in total. The van der Waals surface area contributed by atoms with Crippen molar-refractivity contribution in [1.82, 2.24) is 10.2 Å². The summed E-state index contributed by atoms with van der Waals surface area (Å²) in [4.78, 5) is 42.1. The summed E-state index contributed by atoms with van der Waals surface area (Å²) in [6.07, 6.45) is 0.446. The molecule has 0 unspecified atom stereocenters. The first-order chi connectivity index (χ1) is 16.9. The molecule has 0 aromatic heterocycles. The number of ether oxygens (including phenoxy) is 2. The summed E-state index contributed by atoms with van der Waals surface area (Å²) in [5.74, 6) is -1.66. The Balaban J connectivity index is 1.82. The molecule has 0 radical (unpaired) electrons. The van der Waals surface area contributed by atoms with Gasteiger partial charge in [0, 0.05) is 29.0 Å². The molecular weight excluding hydrogens is 529 g/mol. The number of fused-ring (bicyclic) bond motifs is 1. The van der Waals surface area contributed by atoms with E-state index in [2.05, 4.69) is 46.1 Å². The van der Waals surface area contributed by atoms with Gasteiger partial charge in [0.1, 0.15) is 5.70 Å². The number of nitrogens with one attached hydrogen (secondary N) is 1. The zero-order valence-electron chi connectivity index (χ0n) is 23.7.